The topological polar surface area (TPSA) is 107 Å². The van der Waals surface area contributed by atoms with E-state index in [1.54, 1.807) is 25.3 Å². The molecule has 0 radical (unpaired) electrons. The number of H-pyrrole nitrogens is 1. The highest BCUT2D eigenvalue weighted by Gasteiger charge is 2.41. The molecular weight excluding hydrogens is 449 g/mol. The molecule has 0 aromatic carbocycles. The first-order valence-electron chi connectivity index (χ1n) is 10.8. The molecule has 180 valence electrons. The second kappa shape index (κ2) is 8.71. The Hall–Kier alpha value is -3.47. The van der Waals surface area contributed by atoms with Crippen molar-refractivity contribution in [2.45, 2.75) is 32.5 Å². The van der Waals surface area contributed by atoms with Crippen LogP contribution in [0.1, 0.15) is 37.0 Å². The van der Waals surface area contributed by atoms with E-state index in [1.165, 1.54) is 18.3 Å². The number of pyridine rings is 2. The average molecular weight is 474 g/mol. The highest BCUT2D eigenvalue weighted by molar-refractivity contribution is 6.03. The monoisotopic (exact) mass is 474 g/mol. The zero-order chi connectivity index (χ0) is 24.7. The van der Waals surface area contributed by atoms with Crippen molar-refractivity contribution >= 4 is 17.3 Å². The smallest absolute Gasteiger partial charge is 0.389 e. The van der Waals surface area contributed by atoms with Gasteiger partial charge in [-0.25, -0.2) is 9.97 Å². The molecule has 1 unspecified atom stereocenters. The van der Waals surface area contributed by atoms with Gasteiger partial charge >= 0.3 is 6.18 Å². The van der Waals surface area contributed by atoms with E-state index < -0.39 is 29.1 Å². The van der Waals surface area contributed by atoms with E-state index in [9.17, 15) is 23.1 Å². The SMILES string of the molecule is C[C@@H]1CN(c2cnc(C(F)(F)F)c(NC(=O)c3cccc(-c4cn[nH]c4)n3)c2)C[C@H](C)C1(C)O. The van der Waals surface area contributed by atoms with Crippen LogP contribution in [-0.2, 0) is 6.18 Å². The number of aromatic nitrogens is 4. The van der Waals surface area contributed by atoms with E-state index in [2.05, 4.69) is 25.5 Å². The van der Waals surface area contributed by atoms with E-state index in [4.69, 9.17) is 0 Å². The summed E-state index contributed by atoms with van der Waals surface area (Å²) in [5.74, 6) is -1.03. The Morgan fingerprint density at radius 2 is 1.94 bits per heavy atom. The fourth-order valence-electron chi connectivity index (χ4n) is 4.05. The third-order valence-electron chi connectivity index (χ3n) is 6.51. The molecule has 3 aromatic rings. The minimum Gasteiger partial charge on any atom is -0.389 e. The summed E-state index contributed by atoms with van der Waals surface area (Å²) in [6.45, 7) is 6.42. The van der Waals surface area contributed by atoms with Crippen molar-refractivity contribution in [3.8, 4) is 11.3 Å². The van der Waals surface area contributed by atoms with Crippen LogP contribution in [0.4, 0.5) is 24.5 Å². The number of carbonyl (C=O) groups excluding carboxylic acids is 1. The van der Waals surface area contributed by atoms with Crippen LogP contribution in [0.25, 0.3) is 11.3 Å². The molecule has 0 saturated carbocycles. The third kappa shape index (κ3) is 4.60. The molecule has 0 bridgehead atoms. The molecule has 0 aliphatic carbocycles. The number of aliphatic hydroxyl groups is 1. The first kappa shape index (κ1) is 23.7. The van der Waals surface area contributed by atoms with Gasteiger partial charge in [-0.2, -0.15) is 18.3 Å². The summed E-state index contributed by atoms with van der Waals surface area (Å²) in [6, 6.07) is 5.94. The molecule has 1 aliphatic rings. The number of hydrogen-bond acceptors (Lipinski definition) is 6. The lowest BCUT2D eigenvalue weighted by atomic mass is 9.76. The maximum absolute atomic E-state index is 13.7. The molecule has 4 heterocycles. The standard InChI is InChI=1S/C23H25F3N6O2/c1-13-11-32(12-14(2)22(13,3)34)16-7-19(20(27-10-16)23(24,25)26)31-21(33)18-6-4-5-17(30-18)15-8-28-29-9-15/h4-10,13-14,34H,11-12H2,1-3H3,(H,28,29)(H,31,33)/t13-,14+,22?. The highest BCUT2D eigenvalue weighted by Crippen LogP contribution is 2.38. The van der Waals surface area contributed by atoms with Crippen molar-refractivity contribution in [1.29, 1.82) is 0 Å². The molecule has 11 heteroatoms. The largest absolute Gasteiger partial charge is 0.435 e. The van der Waals surface area contributed by atoms with Crippen molar-refractivity contribution in [2.24, 2.45) is 11.8 Å². The van der Waals surface area contributed by atoms with Gasteiger partial charge in [-0.3, -0.25) is 9.89 Å². The van der Waals surface area contributed by atoms with Crippen molar-refractivity contribution in [3.63, 3.8) is 0 Å². The van der Waals surface area contributed by atoms with Gasteiger partial charge in [0, 0.05) is 36.7 Å². The third-order valence-corrected chi connectivity index (χ3v) is 6.51. The summed E-state index contributed by atoms with van der Waals surface area (Å²) < 4.78 is 41.0. The van der Waals surface area contributed by atoms with Crippen LogP contribution < -0.4 is 10.2 Å². The van der Waals surface area contributed by atoms with Crippen LogP contribution >= 0.6 is 0 Å². The zero-order valence-electron chi connectivity index (χ0n) is 18.9. The molecule has 1 amide bonds. The summed E-state index contributed by atoms with van der Waals surface area (Å²) in [6.07, 6.45) is -0.497. The van der Waals surface area contributed by atoms with Crippen molar-refractivity contribution in [2.75, 3.05) is 23.3 Å². The first-order valence-corrected chi connectivity index (χ1v) is 10.8. The fourth-order valence-corrected chi connectivity index (χ4v) is 4.05. The van der Waals surface area contributed by atoms with Crippen LogP contribution in [0.3, 0.4) is 0 Å². The van der Waals surface area contributed by atoms with Gasteiger partial charge in [-0.1, -0.05) is 19.9 Å². The number of nitrogens with zero attached hydrogens (tertiary/aromatic N) is 4. The van der Waals surface area contributed by atoms with Gasteiger partial charge < -0.3 is 15.3 Å². The van der Waals surface area contributed by atoms with Crippen LogP contribution in [0.5, 0.6) is 0 Å². The molecule has 8 nitrogen and oxygen atoms in total. The van der Waals surface area contributed by atoms with E-state index in [1.807, 2.05) is 18.7 Å². The lowest BCUT2D eigenvalue weighted by Crippen LogP contribution is -2.54. The summed E-state index contributed by atoms with van der Waals surface area (Å²) in [5.41, 5.74) is -1.07. The number of piperidine rings is 1. The fraction of sp³-hybridized carbons (Fsp3) is 0.391. The number of hydrogen-bond donors (Lipinski definition) is 3. The summed E-state index contributed by atoms with van der Waals surface area (Å²) in [4.78, 5) is 22.6. The van der Waals surface area contributed by atoms with Gasteiger partial charge in [-0.15, -0.1) is 0 Å². The van der Waals surface area contributed by atoms with Crippen LogP contribution in [0, 0.1) is 11.8 Å². The van der Waals surface area contributed by atoms with Crippen molar-refractivity contribution in [3.05, 3.63) is 54.2 Å². The van der Waals surface area contributed by atoms with Crippen molar-refractivity contribution < 1.29 is 23.1 Å². The Bertz CT molecular complexity index is 1170. The second-order valence-corrected chi connectivity index (χ2v) is 8.87. The van der Waals surface area contributed by atoms with Gasteiger partial charge in [0.05, 0.1) is 35.1 Å². The molecule has 1 saturated heterocycles. The second-order valence-electron chi connectivity index (χ2n) is 8.87. The molecule has 3 atom stereocenters. The maximum Gasteiger partial charge on any atom is 0.435 e. The number of carbonyl (C=O) groups is 1. The highest BCUT2D eigenvalue weighted by atomic mass is 19.4. The lowest BCUT2D eigenvalue weighted by molar-refractivity contribution is -0.140. The van der Waals surface area contributed by atoms with Gasteiger partial charge in [0.2, 0.25) is 0 Å². The van der Waals surface area contributed by atoms with E-state index >= 15 is 0 Å². The van der Waals surface area contributed by atoms with Gasteiger partial charge in [0.1, 0.15) is 5.69 Å². The number of halogens is 3. The minimum atomic E-state index is -4.76. The number of alkyl halides is 3. The van der Waals surface area contributed by atoms with Gasteiger partial charge in [0.15, 0.2) is 5.69 Å². The average Bonchev–Trinajstić information content (AvgIpc) is 3.32. The molecule has 0 spiro atoms. The molecular formula is C23H25F3N6O2. The summed E-state index contributed by atoms with van der Waals surface area (Å²) >= 11 is 0. The number of rotatable bonds is 4. The normalized spacial score (nSPS) is 23.1. The Balaban J connectivity index is 1.64. The molecule has 4 rings (SSSR count). The first-order chi connectivity index (χ1) is 16.0. The van der Waals surface area contributed by atoms with Crippen LogP contribution in [0.2, 0.25) is 0 Å². The molecule has 34 heavy (non-hydrogen) atoms. The van der Waals surface area contributed by atoms with Gasteiger partial charge in [0.25, 0.3) is 5.91 Å². The van der Waals surface area contributed by atoms with E-state index in [-0.39, 0.29) is 17.5 Å². The Kier molecular flexibility index (Phi) is 6.07. The maximum atomic E-state index is 13.7. The lowest BCUT2D eigenvalue weighted by Gasteiger charge is -2.46. The predicted molar refractivity (Wildman–Crippen MR) is 120 cm³/mol. The van der Waals surface area contributed by atoms with Crippen LogP contribution in [0.15, 0.2) is 42.9 Å². The number of aromatic amines is 1. The Morgan fingerprint density at radius 3 is 2.56 bits per heavy atom. The quantitative estimate of drug-likeness (QED) is 0.528. The Morgan fingerprint density at radius 1 is 1.24 bits per heavy atom. The molecule has 3 N–H and O–H groups in total. The van der Waals surface area contributed by atoms with E-state index in [0.29, 0.717) is 30.0 Å². The molecule has 1 fully saturated rings. The molecule has 1 aliphatic heterocycles. The number of amides is 1. The van der Waals surface area contributed by atoms with Crippen molar-refractivity contribution in [1.82, 2.24) is 20.2 Å². The number of nitrogens with one attached hydrogen (secondary N) is 2. The summed E-state index contributed by atoms with van der Waals surface area (Å²) in [5, 5.41) is 19.5. The van der Waals surface area contributed by atoms with E-state index in [0.717, 1.165) is 6.20 Å². The Labute approximate surface area is 194 Å². The molecule has 3 aromatic heterocycles. The summed E-state index contributed by atoms with van der Waals surface area (Å²) in [7, 11) is 0. The minimum absolute atomic E-state index is 0.0477. The zero-order valence-corrected chi connectivity index (χ0v) is 18.9. The number of anilines is 2. The predicted octanol–water partition coefficient (Wildman–Crippen LogP) is 3.98. The van der Waals surface area contributed by atoms with Crippen LogP contribution in [-0.4, -0.2) is 49.9 Å². The van der Waals surface area contributed by atoms with Gasteiger partial charge in [-0.05, 0) is 25.1 Å².